The molecule has 1 amide bonds. The minimum absolute atomic E-state index is 0.00356. The Bertz CT molecular complexity index is 959. The number of ether oxygens (including phenoxy) is 2. The first-order chi connectivity index (χ1) is 14.6. The average Bonchev–Trinajstić information content (AvgIpc) is 2.76. The van der Waals surface area contributed by atoms with Gasteiger partial charge in [-0.2, -0.15) is 0 Å². The summed E-state index contributed by atoms with van der Waals surface area (Å²) in [5.41, 5.74) is 2.92. The zero-order valence-corrected chi connectivity index (χ0v) is 18.1. The van der Waals surface area contributed by atoms with E-state index in [1.165, 1.54) is 0 Å². The fourth-order valence-corrected chi connectivity index (χ4v) is 5.05. The molecule has 5 nitrogen and oxygen atoms in total. The predicted octanol–water partition coefficient (Wildman–Crippen LogP) is 5.30. The van der Waals surface area contributed by atoms with E-state index in [1.807, 2.05) is 30.3 Å². The van der Waals surface area contributed by atoms with Gasteiger partial charge in [0.15, 0.2) is 0 Å². The highest BCUT2D eigenvalue weighted by atomic mass is 35.5. The lowest BCUT2D eigenvalue weighted by Crippen LogP contribution is -2.52. The maximum absolute atomic E-state index is 12.6. The van der Waals surface area contributed by atoms with Crippen LogP contribution in [0.25, 0.3) is 11.1 Å². The molecule has 2 bridgehead atoms. The molecule has 2 aromatic rings. The molecule has 1 unspecified atom stereocenters. The van der Waals surface area contributed by atoms with Crippen LogP contribution >= 0.6 is 23.2 Å². The highest BCUT2D eigenvalue weighted by molar-refractivity contribution is 6.42. The van der Waals surface area contributed by atoms with Crippen molar-refractivity contribution in [2.24, 2.45) is 5.92 Å². The number of carbonyl (C=O) groups is 1. The Hall–Kier alpha value is -1.95. The van der Waals surface area contributed by atoms with Gasteiger partial charge in [-0.3, -0.25) is 4.90 Å². The van der Waals surface area contributed by atoms with Crippen LogP contribution in [0.2, 0.25) is 10.0 Å². The number of hydrogen-bond acceptors (Lipinski definition) is 4. The molecule has 0 aromatic heterocycles. The van der Waals surface area contributed by atoms with E-state index < -0.39 is 0 Å². The van der Waals surface area contributed by atoms with E-state index in [9.17, 15) is 4.79 Å². The van der Waals surface area contributed by atoms with Gasteiger partial charge in [0.05, 0.1) is 22.7 Å². The van der Waals surface area contributed by atoms with Gasteiger partial charge in [0.1, 0.15) is 11.9 Å². The SMILES string of the molecule is O=C(NC1CCOc2cc(-c3ccc(Cl)c(Cl)c3)ccc21)O[C@H]1CN2CCC1CC2. The molecule has 4 aliphatic rings. The molecule has 7 heteroatoms. The van der Waals surface area contributed by atoms with E-state index in [2.05, 4.69) is 10.2 Å². The fraction of sp³-hybridized carbons (Fsp3) is 0.435. The van der Waals surface area contributed by atoms with Crippen LogP contribution in [0.3, 0.4) is 0 Å². The monoisotopic (exact) mass is 446 g/mol. The Morgan fingerprint density at radius 2 is 1.80 bits per heavy atom. The lowest BCUT2D eigenvalue weighted by Gasteiger charge is -2.44. The Morgan fingerprint density at radius 3 is 2.53 bits per heavy atom. The first-order valence-electron chi connectivity index (χ1n) is 10.5. The molecule has 30 heavy (non-hydrogen) atoms. The quantitative estimate of drug-likeness (QED) is 0.694. The molecule has 0 saturated carbocycles. The second-order valence-electron chi connectivity index (χ2n) is 8.30. The summed E-state index contributed by atoms with van der Waals surface area (Å²) >= 11 is 12.2. The second kappa shape index (κ2) is 8.29. The van der Waals surface area contributed by atoms with Gasteiger partial charge >= 0.3 is 6.09 Å². The lowest BCUT2D eigenvalue weighted by atomic mass is 9.86. The molecule has 0 spiro atoms. The molecule has 3 saturated heterocycles. The molecule has 6 rings (SSSR count). The smallest absolute Gasteiger partial charge is 0.407 e. The van der Waals surface area contributed by atoms with E-state index >= 15 is 0 Å². The number of fused-ring (bicyclic) bond motifs is 4. The summed E-state index contributed by atoms with van der Waals surface area (Å²) in [4.78, 5) is 15.0. The summed E-state index contributed by atoms with van der Waals surface area (Å²) in [7, 11) is 0. The number of amides is 1. The number of halogens is 2. The highest BCUT2D eigenvalue weighted by Crippen LogP contribution is 2.37. The maximum Gasteiger partial charge on any atom is 0.407 e. The second-order valence-corrected chi connectivity index (χ2v) is 9.11. The third kappa shape index (κ3) is 3.98. The van der Waals surface area contributed by atoms with E-state index in [0.717, 1.165) is 54.9 Å². The molecule has 2 aromatic carbocycles. The van der Waals surface area contributed by atoms with Crippen molar-refractivity contribution in [3.05, 3.63) is 52.0 Å². The molecular formula is C23H24Cl2N2O3. The van der Waals surface area contributed by atoms with E-state index in [0.29, 0.717) is 29.0 Å². The van der Waals surface area contributed by atoms with E-state index in [1.54, 1.807) is 6.07 Å². The summed E-state index contributed by atoms with van der Waals surface area (Å²) in [5.74, 6) is 1.27. The molecule has 3 fully saturated rings. The zero-order chi connectivity index (χ0) is 20.7. The van der Waals surface area contributed by atoms with Crippen LogP contribution in [-0.4, -0.2) is 43.3 Å². The van der Waals surface area contributed by atoms with Gasteiger partial charge in [-0.1, -0.05) is 41.4 Å². The van der Waals surface area contributed by atoms with E-state index in [4.69, 9.17) is 32.7 Å². The van der Waals surface area contributed by atoms with Gasteiger partial charge in [0.2, 0.25) is 0 Å². The molecule has 0 radical (unpaired) electrons. The standard InChI is InChI=1S/C23H24Cl2N2O3/c24-18-4-2-15(11-19(18)25)16-1-3-17-20(7-10-29-21(17)12-16)26-23(28)30-22-13-27-8-5-14(22)6-9-27/h1-4,11-12,14,20,22H,5-10,13H2,(H,26,28)/t20?,22-/m0/s1. The Balaban J connectivity index is 1.29. The van der Waals surface area contributed by atoms with Crippen molar-refractivity contribution >= 4 is 29.3 Å². The number of rotatable bonds is 3. The molecule has 0 aliphatic carbocycles. The van der Waals surface area contributed by atoms with Crippen molar-refractivity contribution in [1.29, 1.82) is 0 Å². The van der Waals surface area contributed by atoms with Crippen molar-refractivity contribution in [2.75, 3.05) is 26.2 Å². The summed E-state index contributed by atoms with van der Waals surface area (Å²) in [6.07, 6.45) is 2.63. The summed E-state index contributed by atoms with van der Waals surface area (Å²) < 4.78 is 11.7. The van der Waals surface area contributed by atoms with Crippen molar-refractivity contribution < 1.29 is 14.3 Å². The fourth-order valence-electron chi connectivity index (χ4n) is 4.75. The number of alkyl carbamates (subject to hydrolysis) is 1. The largest absolute Gasteiger partial charge is 0.493 e. The van der Waals surface area contributed by atoms with Crippen LogP contribution in [0.4, 0.5) is 4.79 Å². The number of carbonyl (C=O) groups excluding carboxylic acids is 1. The molecule has 2 atom stereocenters. The van der Waals surface area contributed by atoms with Crippen molar-refractivity contribution in [3.63, 3.8) is 0 Å². The summed E-state index contributed by atoms with van der Waals surface area (Å²) in [6, 6.07) is 11.4. The molecular weight excluding hydrogens is 423 g/mol. The lowest BCUT2D eigenvalue weighted by molar-refractivity contribution is -0.0342. The van der Waals surface area contributed by atoms with Gasteiger partial charge in [-0.25, -0.2) is 4.79 Å². The minimum Gasteiger partial charge on any atom is -0.493 e. The number of piperidine rings is 3. The van der Waals surface area contributed by atoms with Crippen LogP contribution in [0.1, 0.15) is 30.9 Å². The van der Waals surface area contributed by atoms with Crippen LogP contribution in [0.15, 0.2) is 36.4 Å². The molecule has 4 heterocycles. The van der Waals surface area contributed by atoms with Gasteiger partial charge in [-0.05, 0) is 61.2 Å². The molecule has 158 valence electrons. The summed E-state index contributed by atoms with van der Waals surface area (Å²) in [6.45, 7) is 3.65. The van der Waals surface area contributed by atoms with Crippen LogP contribution in [-0.2, 0) is 4.74 Å². The minimum atomic E-state index is -0.333. The number of hydrogen-bond donors (Lipinski definition) is 1. The van der Waals surface area contributed by atoms with Gasteiger partial charge in [-0.15, -0.1) is 0 Å². The van der Waals surface area contributed by atoms with Gasteiger partial charge in [0.25, 0.3) is 0 Å². The van der Waals surface area contributed by atoms with Crippen LogP contribution in [0, 0.1) is 5.92 Å². The van der Waals surface area contributed by atoms with Gasteiger partial charge in [0, 0.05) is 18.5 Å². The van der Waals surface area contributed by atoms with Crippen LogP contribution in [0.5, 0.6) is 5.75 Å². The Kier molecular flexibility index (Phi) is 5.52. The Morgan fingerprint density at radius 1 is 1.03 bits per heavy atom. The van der Waals surface area contributed by atoms with Crippen LogP contribution < -0.4 is 10.1 Å². The van der Waals surface area contributed by atoms with E-state index in [-0.39, 0.29) is 18.2 Å². The molecule has 1 N–H and O–H groups in total. The van der Waals surface area contributed by atoms with Crippen molar-refractivity contribution in [3.8, 4) is 16.9 Å². The number of nitrogens with one attached hydrogen (secondary N) is 1. The number of nitrogens with zero attached hydrogens (tertiary/aromatic N) is 1. The third-order valence-electron chi connectivity index (χ3n) is 6.45. The first kappa shape index (κ1) is 20.0. The third-order valence-corrected chi connectivity index (χ3v) is 7.19. The first-order valence-corrected chi connectivity index (χ1v) is 11.2. The topological polar surface area (TPSA) is 50.8 Å². The van der Waals surface area contributed by atoms with Crippen molar-refractivity contribution in [2.45, 2.75) is 31.4 Å². The molecule has 4 aliphatic heterocycles. The highest BCUT2D eigenvalue weighted by Gasteiger charge is 2.37. The Labute approximate surface area is 186 Å². The predicted molar refractivity (Wildman–Crippen MR) is 117 cm³/mol. The van der Waals surface area contributed by atoms with Crippen molar-refractivity contribution in [1.82, 2.24) is 10.2 Å². The summed E-state index contributed by atoms with van der Waals surface area (Å²) in [5, 5.41) is 4.10. The average molecular weight is 447 g/mol. The normalized spacial score (nSPS) is 27.1. The zero-order valence-electron chi connectivity index (χ0n) is 16.6. The maximum atomic E-state index is 12.6. The number of benzene rings is 2. The van der Waals surface area contributed by atoms with Gasteiger partial charge < -0.3 is 14.8 Å².